The molecule has 0 atom stereocenters. The van der Waals surface area contributed by atoms with Crippen LogP contribution in [-0.4, -0.2) is 21.7 Å². The highest BCUT2D eigenvalue weighted by atomic mass is 16.1. The molecule has 3 N–H and O–H groups in total. The van der Waals surface area contributed by atoms with E-state index in [1.165, 1.54) is 12.8 Å². The molecule has 1 aliphatic rings. The molecule has 0 aliphatic heterocycles. The Kier molecular flexibility index (Phi) is 3.50. The van der Waals surface area contributed by atoms with Gasteiger partial charge in [-0.1, -0.05) is 12.8 Å². The summed E-state index contributed by atoms with van der Waals surface area (Å²) in [5.74, 6) is 0.642. The van der Waals surface area contributed by atoms with Gasteiger partial charge in [0.15, 0.2) is 0 Å². The van der Waals surface area contributed by atoms with Gasteiger partial charge >= 0.3 is 0 Å². The third kappa shape index (κ3) is 2.57. The van der Waals surface area contributed by atoms with E-state index in [2.05, 4.69) is 15.0 Å². The number of aliphatic imine (C=N–C) groups is 1. The summed E-state index contributed by atoms with van der Waals surface area (Å²) in [7, 11) is 0. The number of nitrogens with two attached hydrogens (primary N) is 1. The zero-order valence-corrected chi connectivity index (χ0v) is 11.3. The summed E-state index contributed by atoms with van der Waals surface area (Å²) in [4.78, 5) is 23.2. The van der Waals surface area contributed by atoms with E-state index in [1.54, 1.807) is 12.4 Å². The minimum Gasteiger partial charge on any atom is -0.383 e. The van der Waals surface area contributed by atoms with Crippen molar-refractivity contribution in [2.24, 2.45) is 16.6 Å². The summed E-state index contributed by atoms with van der Waals surface area (Å²) in [5.41, 5.74) is 7.46. The molecule has 20 heavy (non-hydrogen) atoms. The Morgan fingerprint density at radius 3 is 3.05 bits per heavy atom. The zero-order chi connectivity index (χ0) is 13.9. The van der Waals surface area contributed by atoms with Crippen molar-refractivity contribution < 1.29 is 4.79 Å². The zero-order valence-electron chi connectivity index (χ0n) is 11.3. The number of aromatic nitrogens is 2. The van der Waals surface area contributed by atoms with Crippen molar-refractivity contribution in [3.05, 3.63) is 30.1 Å². The van der Waals surface area contributed by atoms with Gasteiger partial charge in [-0.3, -0.25) is 4.79 Å². The van der Waals surface area contributed by atoms with Crippen LogP contribution in [0.3, 0.4) is 0 Å². The fourth-order valence-electron chi connectivity index (χ4n) is 2.87. The molecular formula is C15H18N4O. The molecule has 5 nitrogen and oxygen atoms in total. The largest absolute Gasteiger partial charge is 0.383 e. The summed E-state index contributed by atoms with van der Waals surface area (Å²) in [6.07, 6.45) is 8.70. The van der Waals surface area contributed by atoms with Gasteiger partial charge in [0.1, 0.15) is 11.5 Å². The molecule has 0 saturated heterocycles. The maximum Gasteiger partial charge on any atom is 0.247 e. The fraction of sp³-hybridized carbons (Fsp3) is 0.400. The van der Waals surface area contributed by atoms with Crippen molar-refractivity contribution in [1.82, 2.24) is 9.97 Å². The SMILES string of the molecule is NC(=NC(=O)CC1CCCC1)c1c[nH]c2ncccc12. The van der Waals surface area contributed by atoms with Gasteiger partial charge in [-0.25, -0.2) is 4.98 Å². The minimum atomic E-state index is -0.118. The first-order chi connectivity index (χ1) is 9.74. The number of rotatable bonds is 3. The molecule has 0 aromatic carbocycles. The number of H-pyrrole nitrogens is 1. The monoisotopic (exact) mass is 270 g/mol. The van der Waals surface area contributed by atoms with E-state index in [9.17, 15) is 4.79 Å². The van der Waals surface area contributed by atoms with Gasteiger partial charge in [-0.2, -0.15) is 4.99 Å². The highest BCUT2D eigenvalue weighted by molar-refractivity contribution is 6.11. The van der Waals surface area contributed by atoms with Crippen LogP contribution in [0.5, 0.6) is 0 Å². The van der Waals surface area contributed by atoms with E-state index in [4.69, 9.17) is 5.73 Å². The number of amides is 1. The van der Waals surface area contributed by atoms with Crippen molar-refractivity contribution >= 4 is 22.8 Å². The average molecular weight is 270 g/mol. The summed E-state index contributed by atoms with van der Waals surface area (Å²) < 4.78 is 0. The van der Waals surface area contributed by atoms with Gasteiger partial charge in [-0.05, 0) is 30.9 Å². The van der Waals surface area contributed by atoms with Crippen LogP contribution in [0, 0.1) is 5.92 Å². The van der Waals surface area contributed by atoms with Gasteiger partial charge in [0.25, 0.3) is 0 Å². The number of carbonyl (C=O) groups excluding carboxylic acids is 1. The molecule has 0 spiro atoms. The van der Waals surface area contributed by atoms with Crippen LogP contribution in [0.1, 0.15) is 37.7 Å². The predicted octanol–water partition coefficient (Wildman–Crippen LogP) is 2.38. The molecule has 1 fully saturated rings. The quantitative estimate of drug-likeness (QED) is 0.663. The molecule has 1 amide bonds. The molecule has 5 heteroatoms. The van der Waals surface area contributed by atoms with E-state index < -0.39 is 0 Å². The van der Waals surface area contributed by atoms with Gasteiger partial charge in [0.2, 0.25) is 5.91 Å². The highest BCUT2D eigenvalue weighted by Gasteiger charge is 2.18. The van der Waals surface area contributed by atoms with Crippen LogP contribution in [0.15, 0.2) is 29.5 Å². The minimum absolute atomic E-state index is 0.118. The van der Waals surface area contributed by atoms with Gasteiger partial charge in [0.05, 0.1) is 0 Å². The molecular weight excluding hydrogens is 252 g/mol. The number of fused-ring (bicyclic) bond motifs is 1. The van der Waals surface area contributed by atoms with Crippen molar-refractivity contribution in [2.75, 3.05) is 0 Å². The first-order valence-electron chi connectivity index (χ1n) is 7.03. The molecule has 0 radical (unpaired) electrons. The third-order valence-electron chi connectivity index (χ3n) is 3.91. The Hall–Kier alpha value is -2.17. The third-order valence-corrected chi connectivity index (χ3v) is 3.91. The Labute approximate surface area is 117 Å². The normalized spacial score (nSPS) is 16.9. The standard InChI is InChI=1S/C15H18N4O/c16-14(19-13(20)8-10-4-1-2-5-10)12-9-18-15-11(12)6-3-7-17-15/h3,6-7,9-10H,1-2,4-5,8H2,(H,17,18)(H2,16,19,20). The number of pyridine rings is 1. The van der Waals surface area contributed by atoms with Crippen molar-refractivity contribution in [1.29, 1.82) is 0 Å². The Morgan fingerprint density at radius 2 is 2.25 bits per heavy atom. The first kappa shape index (κ1) is 12.8. The molecule has 1 saturated carbocycles. The van der Waals surface area contributed by atoms with E-state index in [0.29, 0.717) is 12.3 Å². The lowest BCUT2D eigenvalue weighted by atomic mass is 10.0. The van der Waals surface area contributed by atoms with Crippen LogP contribution < -0.4 is 5.73 Å². The van der Waals surface area contributed by atoms with Crippen LogP contribution in [0.2, 0.25) is 0 Å². The molecule has 0 bridgehead atoms. The second-order valence-corrected chi connectivity index (χ2v) is 5.35. The lowest BCUT2D eigenvalue weighted by molar-refractivity contribution is -0.118. The van der Waals surface area contributed by atoms with E-state index in [-0.39, 0.29) is 11.7 Å². The van der Waals surface area contributed by atoms with Gasteiger partial charge < -0.3 is 10.7 Å². The molecule has 2 aromatic heterocycles. The number of nitrogens with zero attached hydrogens (tertiary/aromatic N) is 2. The van der Waals surface area contributed by atoms with Gasteiger partial charge in [0, 0.05) is 29.8 Å². The lowest BCUT2D eigenvalue weighted by Gasteiger charge is -2.05. The fourth-order valence-corrected chi connectivity index (χ4v) is 2.87. The molecule has 3 rings (SSSR count). The Balaban J connectivity index is 1.78. The second kappa shape index (κ2) is 5.45. The van der Waals surface area contributed by atoms with Crippen LogP contribution in [0.25, 0.3) is 11.0 Å². The Bertz CT molecular complexity index is 653. The van der Waals surface area contributed by atoms with E-state index in [1.807, 2.05) is 12.1 Å². The van der Waals surface area contributed by atoms with Crippen LogP contribution in [-0.2, 0) is 4.79 Å². The summed E-state index contributed by atoms with van der Waals surface area (Å²) in [5, 5.41) is 0.891. The molecule has 104 valence electrons. The van der Waals surface area contributed by atoms with Crippen molar-refractivity contribution in [2.45, 2.75) is 32.1 Å². The number of nitrogens with one attached hydrogen (secondary N) is 1. The topological polar surface area (TPSA) is 84.1 Å². The maximum atomic E-state index is 11.9. The number of hydrogen-bond acceptors (Lipinski definition) is 2. The maximum absolute atomic E-state index is 11.9. The summed E-state index contributed by atoms with van der Waals surface area (Å²) in [6.45, 7) is 0. The second-order valence-electron chi connectivity index (χ2n) is 5.35. The summed E-state index contributed by atoms with van der Waals surface area (Å²) >= 11 is 0. The molecule has 0 unspecified atom stereocenters. The predicted molar refractivity (Wildman–Crippen MR) is 78.4 cm³/mol. The first-order valence-corrected chi connectivity index (χ1v) is 7.03. The smallest absolute Gasteiger partial charge is 0.247 e. The number of hydrogen-bond donors (Lipinski definition) is 2. The average Bonchev–Trinajstić information content (AvgIpc) is 3.07. The van der Waals surface area contributed by atoms with Crippen molar-refractivity contribution in [3.8, 4) is 0 Å². The summed E-state index contributed by atoms with van der Waals surface area (Å²) in [6, 6.07) is 3.76. The molecule has 1 aliphatic carbocycles. The highest BCUT2D eigenvalue weighted by Crippen LogP contribution is 2.27. The van der Waals surface area contributed by atoms with E-state index in [0.717, 1.165) is 29.4 Å². The Morgan fingerprint density at radius 1 is 1.45 bits per heavy atom. The van der Waals surface area contributed by atoms with Crippen molar-refractivity contribution in [3.63, 3.8) is 0 Å². The number of aromatic amines is 1. The van der Waals surface area contributed by atoms with Gasteiger partial charge in [-0.15, -0.1) is 0 Å². The molecule has 2 heterocycles. The number of amidine groups is 1. The van der Waals surface area contributed by atoms with Crippen LogP contribution in [0.4, 0.5) is 0 Å². The van der Waals surface area contributed by atoms with E-state index >= 15 is 0 Å². The molecule has 2 aromatic rings. The lowest BCUT2D eigenvalue weighted by Crippen LogP contribution is -2.16. The van der Waals surface area contributed by atoms with Crippen LogP contribution >= 0.6 is 0 Å². The number of carbonyl (C=O) groups is 1.